The van der Waals surface area contributed by atoms with E-state index < -0.39 is 0 Å². The molecule has 0 aliphatic heterocycles. The van der Waals surface area contributed by atoms with Crippen LogP contribution in [0.5, 0.6) is 5.75 Å². The molecule has 0 fully saturated rings. The number of hydrogen-bond acceptors (Lipinski definition) is 2. The summed E-state index contributed by atoms with van der Waals surface area (Å²) in [7, 11) is 0. The number of benzene rings is 1. The fourth-order valence-corrected chi connectivity index (χ4v) is 2.85. The molecule has 0 amide bonds. The van der Waals surface area contributed by atoms with E-state index in [9.17, 15) is 0 Å². The molecule has 4 N–H and O–H groups in total. The van der Waals surface area contributed by atoms with Gasteiger partial charge in [-0.25, -0.2) is 0 Å². The molecule has 1 aromatic rings. The van der Waals surface area contributed by atoms with Crippen molar-refractivity contribution in [2.75, 3.05) is 13.2 Å². The Bertz CT molecular complexity index is 453. The fourth-order valence-electron chi connectivity index (χ4n) is 2.85. The van der Waals surface area contributed by atoms with Gasteiger partial charge in [-0.15, -0.1) is 0 Å². The van der Waals surface area contributed by atoms with Gasteiger partial charge in [-0.1, -0.05) is 76.8 Å². The van der Waals surface area contributed by atoms with E-state index in [0.29, 0.717) is 6.54 Å². The van der Waals surface area contributed by atoms with E-state index in [0.717, 1.165) is 25.2 Å². The van der Waals surface area contributed by atoms with Crippen molar-refractivity contribution < 1.29 is 4.74 Å². The predicted octanol–water partition coefficient (Wildman–Crippen LogP) is 4.80. The summed E-state index contributed by atoms with van der Waals surface area (Å²) in [5.41, 5.74) is 11.9. The van der Waals surface area contributed by atoms with E-state index in [4.69, 9.17) is 16.2 Å². The van der Waals surface area contributed by atoms with Gasteiger partial charge >= 0.3 is 0 Å². The molecule has 0 aliphatic carbocycles. The quantitative estimate of drug-likeness (QED) is 0.272. The predicted molar refractivity (Wildman–Crippen MR) is 108 cm³/mol. The number of nitrogens with zero attached hydrogens (tertiary/aromatic N) is 1. The maximum atomic E-state index is 5.81. The average Bonchev–Trinajstić information content (AvgIpc) is 2.60. The van der Waals surface area contributed by atoms with Crippen LogP contribution in [0.4, 0.5) is 0 Å². The van der Waals surface area contributed by atoms with Crippen molar-refractivity contribution in [3.8, 4) is 5.75 Å². The summed E-state index contributed by atoms with van der Waals surface area (Å²) in [6.07, 6.45) is 14.3. The maximum Gasteiger partial charge on any atom is 0.185 e. The first-order valence-corrected chi connectivity index (χ1v) is 9.99. The zero-order chi connectivity index (χ0) is 18.2. The van der Waals surface area contributed by atoms with Crippen molar-refractivity contribution in [2.45, 2.75) is 77.6 Å². The first kappa shape index (κ1) is 21.3. The van der Waals surface area contributed by atoms with Gasteiger partial charge in [0, 0.05) is 6.54 Å². The van der Waals surface area contributed by atoms with Crippen molar-refractivity contribution in [1.29, 1.82) is 0 Å². The van der Waals surface area contributed by atoms with Crippen molar-refractivity contribution in [3.63, 3.8) is 0 Å². The van der Waals surface area contributed by atoms with Crippen LogP contribution in [0.25, 0.3) is 0 Å². The second-order valence-corrected chi connectivity index (χ2v) is 6.73. The summed E-state index contributed by atoms with van der Waals surface area (Å²) in [6.45, 7) is 3.70. The van der Waals surface area contributed by atoms with E-state index in [2.05, 4.69) is 24.0 Å². The molecule has 0 unspecified atom stereocenters. The second-order valence-electron chi connectivity index (χ2n) is 6.73. The lowest BCUT2D eigenvalue weighted by molar-refractivity contribution is 0.304. The van der Waals surface area contributed by atoms with E-state index in [-0.39, 0.29) is 5.96 Å². The Morgan fingerprint density at radius 1 is 0.840 bits per heavy atom. The monoisotopic (exact) mass is 347 g/mol. The molecule has 1 aromatic carbocycles. The van der Waals surface area contributed by atoms with Crippen LogP contribution in [0, 0.1) is 0 Å². The minimum absolute atomic E-state index is 0.149. The molecule has 0 radical (unpaired) electrons. The highest BCUT2D eigenvalue weighted by Gasteiger charge is 1.97. The third-order valence-electron chi connectivity index (χ3n) is 4.38. The minimum atomic E-state index is 0.149. The number of unbranched alkanes of at least 4 members (excludes halogenated alkanes) is 9. The van der Waals surface area contributed by atoms with Crippen LogP contribution in [0.1, 0.15) is 76.7 Å². The van der Waals surface area contributed by atoms with Crippen LogP contribution in [-0.2, 0) is 6.42 Å². The summed E-state index contributed by atoms with van der Waals surface area (Å²) in [6, 6.07) is 8.22. The third kappa shape index (κ3) is 12.3. The Labute approximate surface area is 154 Å². The number of aliphatic imine (C=N–C) groups is 1. The fraction of sp³-hybridized carbons (Fsp3) is 0.667. The molecule has 0 heterocycles. The summed E-state index contributed by atoms with van der Waals surface area (Å²) in [4.78, 5) is 3.99. The SMILES string of the molecule is CCCCCCCCCCCCOc1ccc(CCN=C(N)N)cc1. The lowest BCUT2D eigenvalue weighted by Gasteiger charge is -2.07. The summed E-state index contributed by atoms with van der Waals surface area (Å²) in [5.74, 6) is 1.10. The lowest BCUT2D eigenvalue weighted by Crippen LogP contribution is -2.23. The van der Waals surface area contributed by atoms with Crippen molar-refractivity contribution in [3.05, 3.63) is 29.8 Å². The average molecular weight is 348 g/mol. The highest BCUT2D eigenvalue weighted by molar-refractivity contribution is 5.75. The van der Waals surface area contributed by atoms with Crippen LogP contribution >= 0.6 is 0 Å². The normalized spacial score (nSPS) is 10.6. The second kappa shape index (κ2) is 14.6. The standard InChI is InChI=1S/C21H37N3O/c1-2-3-4-5-6-7-8-9-10-11-18-25-20-14-12-19(13-15-20)16-17-24-21(22)23/h12-15H,2-11,16-18H2,1H3,(H4,22,23,24). The number of rotatable bonds is 15. The minimum Gasteiger partial charge on any atom is -0.494 e. The molecule has 0 atom stereocenters. The van der Waals surface area contributed by atoms with Gasteiger partial charge in [0.05, 0.1) is 6.61 Å². The Balaban J connectivity index is 1.98. The Hall–Kier alpha value is -1.71. The molecule has 0 aliphatic rings. The number of nitrogens with two attached hydrogens (primary N) is 2. The van der Waals surface area contributed by atoms with Gasteiger partial charge in [-0.2, -0.15) is 0 Å². The van der Waals surface area contributed by atoms with Gasteiger partial charge in [-0.3, -0.25) is 4.99 Å². The first-order valence-electron chi connectivity index (χ1n) is 9.99. The van der Waals surface area contributed by atoms with Crippen molar-refractivity contribution in [1.82, 2.24) is 0 Å². The smallest absolute Gasteiger partial charge is 0.185 e. The Morgan fingerprint density at radius 3 is 1.96 bits per heavy atom. The molecule has 1 rings (SSSR count). The van der Waals surface area contributed by atoms with Crippen molar-refractivity contribution in [2.24, 2.45) is 16.5 Å². The summed E-state index contributed by atoms with van der Waals surface area (Å²) in [5, 5.41) is 0. The molecule has 4 heteroatoms. The summed E-state index contributed by atoms with van der Waals surface area (Å²) < 4.78 is 5.81. The number of guanidine groups is 1. The topological polar surface area (TPSA) is 73.6 Å². The molecule has 0 aromatic heterocycles. The molecular formula is C21H37N3O. The van der Waals surface area contributed by atoms with E-state index in [1.54, 1.807) is 0 Å². The molecule has 0 saturated carbocycles. The Morgan fingerprint density at radius 2 is 1.40 bits per heavy atom. The summed E-state index contributed by atoms with van der Waals surface area (Å²) >= 11 is 0. The van der Waals surface area contributed by atoms with Crippen molar-refractivity contribution >= 4 is 5.96 Å². The molecule has 0 bridgehead atoms. The van der Waals surface area contributed by atoms with E-state index in [1.807, 2.05) is 12.1 Å². The Kier molecular flexibility index (Phi) is 12.5. The molecule has 25 heavy (non-hydrogen) atoms. The van der Waals surface area contributed by atoms with Crippen LogP contribution < -0.4 is 16.2 Å². The zero-order valence-corrected chi connectivity index (χ0v) is 16.0. The van der Waals surface area contributed by atoms with Crippen LogP contribution in [0.15, 0.2) is 29.3 Å². The van der Waals surface area contributed by atoms with Gasteiger partial charge in [0.25, 0.3) is 0 Å². The van der Waals surface area contributed by atoms with Gasteiger partial charge in [-0.05, 0) is 30.5 Å². The van der Waals surface area contributed by atoms with Gasteiger partial charge in [0.1, 0.15) is 5.75 Å². The van der Waals surface area contributed by atoms with Crippen LogP contribution in [-0.4, -0.2) is 19.1 Å². The number of ether oxygens (including phenoxy) is 1. The maximum absolute atomic E-state index is 5.81. The van der Waals surface area contributed by atoms with Crippen LogP contribution in [0.2, 0.25) is 0 Å². The van der Waals surface area contributed by atoms with Gasteiger partial charge in [0.2, 0.25) is 0 Å². The third-order valence-corrected chi connectivity index (χ3v) is 4.38. The van der Waals surface area contributed by atoms with Gasteiger partial charge < -0.3 is 16.2 Å². The molecule has 0 spiro atoms. The van der Waals surface area contributed by atoms with E-state index >= 15 is 0 Å². The molecule has 142 valence electrons. The molecular weight excluding hydrogens is 310 g/mol. The largest absolute Gasteiger partial charge is 0.494 e. The molecule has 0 saturated heterocycles. The highest BCUT2D eigenvalue weighted by atomic mass is 16.5. The number of hydrogen-bond donors (Lipinski definition) is 2. The highest BCUT2D eigenvalue weighted by Crippen LogP contribution is 2.14. The van der Waals surface area contributed by atoms with Gasteiger partial charge in [0.15, 0.2) is 5.96 Å². The van der Waals surface area contributed by atoms with E-state index in [1.165, 1.54) is 63.4 Å². The lowest BCUT2D eigenvalue weighted by atomic mass is 10.1. The molecule has 4 nitrogen and oxygen atoms in total. The van der Waals surface area contributed by atoms with Crippen LogP contribution in [0.3, 0.4) is 0 Å². The first-order chi connectivity index (χ1) is 12.2. The zero-order valence-electron chi connectivity index (χ0n) is 16.0.